The van der Waals surface area contributed by atoms with Crippen LogP contribution in [-0.4, -0.2) is 28.8 Å². The molecule has 0 radical (unpaired) electrons. The van der Waals surface area contributed by atoms with Crippen LogP contribution >= 0.6 is 11.8 Å². The summed E-state index contributed by atoms with van der Waals surface area (Å²) in [5.41, 5.74) is -0.382. The summed E-state index contributed by atoms with van der Waals surface area (Å²) in [7, 11) is 0. The Hall–Kier alpha value is -1.56. The zero-order chi connectivity index (χ0) is 14.4. The molecule has 1 aromatic carbocycles. The van der Waals surface area contributed by atoms with Crippen molar-refractivity contribution in [2.24, 2.45) is 0 Å². The number of nitrogens with one attached hydrogen (secondary N) is 1. The number of carboxylic acids is 1. The lowest BCUT2D eigenvalue weighted by molar-refractivity contribution is -0.119. The van der Waals surface area contributed by atoms with Crippen LogP contribution in [0.5, 0.6) is 0 Å². The van der Waals surface area contributed by atoms with E-state index in [4.69, 9.17) is 5.11 Å². The summed E-state index contributed by atoms with van der Waals surface area (Å²) in [6.07, 6.45) is 0.843. The van der Waals surface area contributed by atoms with E-state index < -0.39 is 11.8 Å². The molecule has 0 heterocycles. The Labute approximate surface area is 115 Å². The van der Waals surface area contributed by atoms with E-state index in [1.165, 1.54) is 23.9 Å². The highest BCUT2D eigenvalue weighted by atomic mass is 32.2. The van der Waals surface area contributed by atoms with E-state index in [-0.39, 0.29) is 23.3 Å². The second kappa shape index (κ2) is 7.13. The maximum atomic E-state index is 13.2. The molecule has 0 bridgehead atoms. The van der Waals surface area contributed by atoms with Gasteiger partial charge in [0.1, 0.15) is 5.82 Å². The first-order chi connectivity index (χ1) is 8.93. The molecule has 6 heteroatoms. The summed E-state index contributed by atoms with van der Waals surface area (Å²) in [5.74, 6) is -2.04. The molecule has 104 valence electrons. The minimum atomic E-state index is -1.32. The van der Waals surface area contributed by atoms with Crippen molar-refractivity contribution in [1.29, 1.82) is 0 Å². The lowest BCUT2D eigenvalue weighted by Gasteiger charge is -2.11. The SMILES string of the molecule is CCC(C)NC(=O)CSc1ccc(F)c(C(=O)O)c1. The van der Waals surface area contributed by atoms with Gasteiger partial charge in [-0.15, -0.1) is 11.8 Å². The van der Waals surface area contributed by atoms with Gasteiger partial charge >= 0.3 is 5.97 Å². The summed E-state index contributed by atoms with van der Waals surface area (Å²) >= 11 is 1.18. The molecule has 0 aromatic heterocycles. The predicted molar refractivity (Wildman–Crippen MR) is 72.0 cm³/mol. The lowest BCUT2D eigenvalue weighted by Crippen LogP contribution is -2.33. The Morgan fingerprint density at radius 1 is 1.47 bits per heavy atom. The van der Waals surface area contributed by atoms with E-state index in [0.717, 1.165) is 12.5 Å². The van der Waals surface area contributed by atoms with Gasteiger partial charge in [0.15, 0.2) is 0 Å². The van der Waals surface area contributed by atoms with Gasteiger partial charge in [-0.05, 0) is 31.5 Å². The second-order valence-electron chi connectivity index (χ2n) is 4.11. The van der Waals surface area contributed by atoms with Crippen molar-refractivity contribution in [2.45, 2.75) is 31.2 Å². The van der Waals surface area contributed by atoms with E-state index in [2.05, 4.69) is 5.32 Å². The lowest BCUT2D eigenvalue weighted by atomic mass is 10.2. The van der Waals surface area contributed by atoms with Crippen LogP contribution in [-0.2, 0) is 4.79 Å². The third-order valence-electron chi connectivity index (χ3n) is 2.56. The molecule has 1 unspecified atom stereocenters. The number of hydrogen-bond acceptors (Lipinski definition) is 3. The zero-order valence-corrected chi connectivity index (χ0v) is 11.6. The number of carboxylic acid groups (broad SMARTS) is 1. The van der Waals surface area contributed by atoms with E-state index >= 15 is 0 Å². The molecule has 2 N–H and O–H groups in total. The summed E-state index contributed by atoms with van der Waals surface area (Å²) in [6, 6.07) is 3.90. The minimum absolute atomic E-state index is 0.107. The number of thioether (sulfide) groups is 1. The van der Waals surface area contributed by atoms with Crippen LogP contribution in [0, 0.1) is 5.82 Å². The fourth-order valence-corrected chi connectivity index (χ4v) is 2.07. The molecule has 0 aliphatic heterocycles. The van der Waals surface area contributed by atoms with Gasteiger partial charge in [0.25, 0.3) is 0 Å². The van der Waals surface area contributed by atoms with Gasteiger partial charge in [0, 0.05) is 10.9 Å². The maximum Gasteiger partial charge on any atom is 0.338 e. The molecule has 0 saturated carbocycles. The number of rotatable bonds is 6. The Morgan fingerprint density at radius 2 is 2.16 bits per heavy atom. The molecule has 0 aliphatic carbocycles. The van der Waals surface area contributed by atoms with Crippen LogP contribution in [0.2, 0.25) is 0 Å². The molecule has 1 atom stereocenters. The van der Waals surface area contributed by atoms with Crippen molar-refractivity contribution in [2.75, 3.05) is 5.75 Å². The molecule has 4 nitrogen and oxygen atoms in total. The number of carbonyl (C=O) groups excluding carboxylic acids is 1. The number of aromatic carboxylic acids is 1. The summed E-state index contributed by atoms with van der Waals surface area (Å²) in [5, 5.41) is 11.6. The Morgan fingerprint density at radius 3 is 2.74 bits per heavy atom. The molecular weight excluding hydrogens is 269 g/mol. The van der Waals surface area contributed by atoms with E-state index in [0.29, 0.717) is 4.90 Å². The van der Waals surface area contributed by atoms with Crippen LogP contribution in [0.15, 0.2) is 23.1 Å². The third kappa shape index (κ3) is 4.90. The van der Waals surface area contributed by atoms with Crippen molar-refractivity contribution in [3.8, 4) is 0 Å². The highest BCUT2D eigenvalue weighted by Gasteiger charge is 2.12. The van der Waals surface area contributed by atoms with Crippen LogP contribution in [0.25, 0.3) is 0 Å². The van der Waals surface area contributed by atoms with Crippen molar-refractivity contribution in [3.63, 3.8) is 0 Å². The van der Waals surface area contributed by atoms with Gasteiger partial charge in [-0.1, -0.05) is 6.92 Å². The highest BCUT2D eigenvalue weighted by Crippen LogP contribution is 2.21. The van der Waals surface area contributed by atoms with Crippen molar-refractivity contribution >= 4 is 23.6 Å². The maximum absolute atomic E-state index is 13.2. The normalized spacial score (nSPS) is 11.9. The monoisotopic (exact) mass is 285 g/mol. The zero-order valence-electron chi connectivity index (χ0n) is 10.8. The van der Waals surface area contributed by atoms with Crippen LogP contribution < -0.4 is 5.32 Å². The average Bonchev–Trinajstić information content (AvgIpc) is 2.37. The number of carbonyl (C=O) groups is 2. The summed E-state index contributed by atoms with van der Waals surface area (Å²) in [4.78, 5) is 22.9. The minimum Gasteiger partial charge on any atom is -0.478 e. The Bertz CT molecular complexity index is 479. The van der Waals surface area contributed by atoms with Crippen LogP contribution in [0.1, 0.15) is 30.6 Å². The number of benzene rings is 1. The van der Waals surface area contributed by atoms with Crippen molar-refractivity contribution in [1.82, 2.24) is 5.32 Å². The van der Waals surface area contributed by atoms with Gasteiger partial charge in [-0.25, -0.2) is 9.18 Å². The van der Waals surface area contributed by atoms with Gasteiger partial charge in [-0.2, -0.15) is 0 Å². The van der Waals surface area contributed by atoms with Crippen molar-refractivity contribution < 1.29 is 19.1 Å². The topological polar surface area (TPSA) is 66.4 Å². The van der Waals surface area contributed by atoms with Gasteiger partial charge in [0.05, 0.1) is 11.3 Å². The van der Waals surface area contributed by atoms with Gasteiger partial charge < -0.3 is 10.4 Å². The molecule has 0 spiro atoms. The average molecular weight is 285 g/mol. The first-order valence-electron chi connectivity index (χ1n) is 5.89. The highest BCUT2D eigenvalue weighted by molar-refractivity contribution is 8.00. The standard InChI is InChI=1S/C13H16FNO3S/c1-3-8(2)15-12(16)7-19-9-4-5-11(14)10(6-9)13(17)18/h4-6,8H,3,7H2,1-2H3,(H,15,16)(H,17,18). The molecule has 1 rings (SSSR count). The van der Waals surface area contributed by atoms with Gasteiger partial charge in [0.2, 0.25) is 5.91 Å². The van der Waals surface area contributed by atoms with E-state index in [1.54, 1.807) is 0 Å². The smallest absolute Gasteiger partial charge is 0.338 e. The van der Waals surface area contributed by atoms with E-state index in [1.807, 2.05) is 13.8 Å². The number of hydrogen-bond donors (Lipinski definition) is 2. The summed E-state index contributed by atoms with van der Waals surface area (Å²) in [6.45, 7) is 3.88. The molecule has 0 fully saturated rings. The predicted octanol–water partition coefficient (Wildman–Crippen LogP) is 2.53. The quantitative estimate of drug-likeness (QED) is 0.788. The largest absolute Gasteiger partial charge is 0.478 e. The summed E-state index contributed by atoms with van der Waals surface area (Å²) < 4.78 is 13.2. The number of amides is 1. The molecule has 0 aliphatic rings. The Kier molecular flexibility index (Phi) is 5.82. The molecular formula is C13H16FNO3S. The second-order valence-corrected chi connectivity index (χ2v) is 5.16. The molecule has 1 amide bonds. The van der Waals surface area contributed by atoms with Crippen LogP contribution in [0.4, 0.5) is 4.39 Å². The fraction of sp³-hybridized carbons (Fsp3) is 0.385. The third-order valence-corrected chi connectivity index (χ3v) is 3.55. The van der Waals surface area contributed by atoms with Crippen molar-refractivity contribution in [3.05, 3.63) is 29.6 Å². The van der Waals surface area contributed by atoms with Gasteiger partial charge in [-0.3, -0.25) is 4.79 Å². The van der Waals surface area contributed by atoms with E-state index in [9.17, 15) is 14.0 Å². The molecule has 0 saturated heterocycles. The fourth-order valence-electron chi connectivity index (χ4n) is 1.33. The molecule has 19 heavy (non-hydrogen) atoms. The Balaban J connectivity index is 2.61. The molecule has 1 aromatic rings. The van der Waals surface area contributed by atoms with Crippen LogP contribution in [0.3, 0.4) is 0 Å². The first-order valence-corrected chi connectivity index (χ1v) is 6.87. The first kappa shape index (κ1) is 15.5. The number of halogens is 1.